The highest BCUT2D eigenvalue weighted by Gasteiger charge is 2.45. The minimum absolute atomic E-state index is 0.176. The first-order chi connectivity index (χ1) is 15.1. The molecule has 156 valence electrons. The second-order valence-corrected chi connectivity index (χ2v) is 8.10. The Morgan fingerprint density at radius 3 is 2.68 bits per heavy atom. The molecule has 0 aliphatic heterocycles. The molecule has 2 saturated carbocycles. The van der Waals surface area contributed by atoms with Crippen molar-refractivity contribution in [1.82, 2.24) is 29.5 Å². The lowest BCUT2D eigenvalue weighted by molar-refractivity contribution is 0.454. The molecule has 0 spiro atoms. The second kappa shape index (κ2) is 6.53. The summed E-state index contributed by atoms with van der Waals surface area (Å²) in [6.45, 7) is 0. The maximum atomic E-state index is 11.5. The van der Waals surface area contributed by atoms with Crippen LogP contribution in [-0.2, 0) is 5.54 Å². The van der Waals surface area contributed by atoms with Gasteiger partial charge in [0.1, 0.15) is 5.69 Å². The number of H-pyrrole nitrogens is 2. The number of nitrogens with zero attached hydrogens (tertiary/aromatic N) is 5. The number of anilines is 1. The zero-order chi connectivity index (χ0) is 21.0. The molecule has 2 aliphatic carbocycles. The largest absolute Gasteiger partial charge is 0.493 e. The van der Waals surface area contributed by atoms with Crippen molar-refractivity contribution in [2.75, 3.05) is 5.32 Å². The molecule has 2 aliphatic rings. The van der Waals surface area contributed by atoms with Gasteiger partial charge in [0.2, 0.25) is 11.8 Å². The summed E-state index contributed by atoms with van der Waals surface area (Å²) < 4.78 is 1.60. The van der Waals surface area contributed by atoms with E-state index in [4.69, 9.17) is 9.98 Å². The lowest BCUT2D eigenvalue weighted by Gasteiger charge is -2.17. The van der Waals surface area contributed by atoms with E-state index in [1.165, 1.54) is 5.56 Å². The Bertz CT molecular complexity index is 1460. The van der Waals surface area contributed by atoms with Crippen LogP contribution in [-0.4, -0.2) is 40.7 Å². The van der Waals surface area contributed by atoms with Crippen molar-refractivity contribution < 1.29 is 5.11 Å². The highest BCUT2D eigenvalue weighted by atomic mass is 16.3. The number of rotatable bonds is 5. The molecule has 0 amide bonds. The summed E-state index contributed by atoms with van der Waals surface area (Å²) >= 11 is 0. The summed E-state index contributed by atoms with van der Waals surface area (Å²) in [6, 6.07) is 10.5. The molecular weight excluding hydrogens is 396 g/mol. The predicted molar refractivity (Wildman–Crippen MR) is 112 cm³/mol. The van der Waals surface area contributed by atoms with Crippen molar-refractivity contribution in [2.24, 2.45) is 4.99 Å². The maximum Gasteiger partial charge on any atom is 0.326 e. The quantitative estimate of drug-likeness (QED) is 0.375. The molecule has 0 saturated heterocycles. The lowest BCUT2D eigenvalue weighted by atomic mass is 10.1. The fraction of sp³-hybridized carbons (Fsp3) is 0.286. The second-order valence-electron chi connectivity index (χ2n) is 8.10. The number of benzene rings is 1. The van der Waals surface area contributed by atoms with Gasteiger partial charge in [-0.3, -0.25) is 4.98 Å². The molecule has 4 N–H and O–H groups in total. The molecular formula is C21H20N8O2. The number of aromatic hydroxyl groups is 1. The van der Waals surface area contributed by atoms with Crippen molar-refractivity contribution in [2.45, 2.75) is 37.3 Å². The van der Waals surface area contributed by atoms with Gasteiger partial charge in [-0.15, -0.1) is 0 Å². The maximum absolute atomic E-state index is 11.5. The van der Waals surface area contributed by atoms with Crippen LogP contribution in [0.2, 0.25) is 0 Å². The Kier molecular flexibility index (Phi) is 3.76. The Hall–Kier alpha value is -3.95. The van der Waals surface area contributed by atoms with Crippen LogP contribution in [0, 0.1) is 0 Å². The highest BCUT2D eigenvalue weighted by molar-refractivity contribution is 5.57. The normalized spacial score (nSPS) is 18.6. The van der Waals surface area contributed by atoms with Gasteiger partial charge in [0.25, 0.3) is 5.62 Å². The van der Waals surface area contributed by atoms with Gasteiger partial charge in [-0.2, -0.15) is 19.6 Å². The summed E-state index contributed by atoms with van der Waals surface area (Å²) in [6.07, 6.45) is 7.32. The topological polar surface area (TPSA) is 136 Å². The minimum Gasteiger partial charge on any atom is -0.493 e. The summed E-state index contributed by atoms with van der Waals surface area (Å²) in [5.41, 5.74) is 1.84. The summed E-state index contributed by atoms with van der Waals surface area (Å²) in [5, 5.41) is 18.5. The Labute approximate surface area is 175 Å². The molecule has 1 aromatic carbocycles. The fourth-order valence-corrected chi connectivity index (χ4v) is 3.72. The highest BCUT2D eigenvalue weighted by Crippen LogP contribution is 2.47. The van der Waals surface area contributed by atoms with Crippen LogP contribution in [0.15, 0.2) is 46.3 Å². The summed E-state index contributed by atoms with van der Waals surface area (Å²) in [7, 11) is 0. The van der Waals surface area contributed by atoms with Gasteiger partial charge in [-0.1, -0.05) is 30.3 Å². The first-order valence-corrected chi connectivity index (χ1v) is 10.3. The third-order valence-corrected chi connectivity index (χ3v) is 5.69. The molecule has 0 bridgehead atoms. The van der Waals surface area contributed by atoms with E-state index < -0.39 is 5.69 Å². The summed E-state index contributed by atoms with van der Waals surface area (Å²) in [5.74, 6) is 0.246. The van der Waals surface area contributed by atoms with E-state index in [1.54, 1.807) is 16.8 Å². The smallest absolute Gasteiger partial charge is 0.326 e. The molecule has 10 nitrogen and oxygen atoms in total. The van der Waals surface area contributed by atoms with E-state index in [9.17, 15) is 9.90 Å². The zero-order valence-electron chi connectivity index (χ0n) is 16.5. The molecule has 2 fully saturated rings. The van der Waals surface area contributed by atoms with Crippen LogP contribution in [0.1, 0.15) is 36.9 Å². The minimum atomic E-state index is -0.486. The number of hydrogen-bond donors (Lipinski definition) is 4. The number of imidazole rings is 1. The van der Waals surface area contributed by atoms with E-state index in [1.807, 2.05) is 18.2 Å². The Morgan fingerprint density at radius 2 is 2.00 bits per heavy atom. The van der Waals surface area contributed by atoms with Gasteiger partial charge >= 0.3 is 5.69 Å². The van der Waals surface area contributed by atoms with Crippen molar-refractivity contribution >= 4 is 17.7 Å². The van der Waals surface area contributed by atoms with E-state index in [-0.39, 0.29) is 23.2 Å². The average Bonchev–Trinajstić information content (AvgIpc) is 3.67. The molecule has 31 heavy (non-hydrogen) atoms. The Balaban J connectivity index is 1.50. The van der Waals surface area contributed by atoms with E-state index in [0.29, 0.717) is 22.4 Å². The Morgan fingerprint density at radius 1 is 1.19 bits per heavy atom. The van der Waals surface area contributed by atoms with Gasteiger partial charge in [0, 0.05) is 5.22 Å². The predicted octanol–water partition coefficient (Wildman–Crippen LogP) is 0.558. The number of nitrogens with one attached hydrogen (secondary N) is 3. The van der Waals surface area contributed by atoms with Gasteiger partial charge in [0.05, 0.1) is 17.8 Å². The van der Waals surface area contributed by atoms with Crippen LogP contribution in [0.25, 0.3) is 11.7 Å². The molecule has 6 rings (SSSR count). The standard InChI is InChI=1S/C21H20N8O2/c30-17-15(24-20(31)26-17)10-12-11-22-29-16(12)25-18(27-19(29)23-14-6-7-14)28-21(8-9-21)13-4-2-1-3-5-13/h1-5,10-11,14,30H,6-9H2,(H,23,27,28)(H2,24,26,31)/b12-10+. The van der Waals surface area contributed by atoms with Gasteiger partial charge < -0.3 is 15.4 Å². The van der Waals surface area contributed by atoms with E-state index in [0.717, 1.165) is 25.7 Å². The molecule has 4 aromatic rings. The molecule has 0 atom stereocenters. The van der Waals surface area contributed by atoms with Gasteiger partial charge in [-0.05, 0) is 37.3 Å². The third-order valence-electron chi connectivity index (χ3n) is 5.69. The number of hydrogen-bond acceptors (Lipinski definition) is 7. The van der Waals surface area contributed by atoms with E-state index >= 15 is 0 Å². The van der Waals surface area contributed by atoms with Crippen LogP contribution < -0.4 is 21.8 Å². The van der Waals surface area contributed by atoms with Crippen LogP contribution in [0.3, 0.4) is 0 Å². The molecule has 10 heteroatoms. The average molecular weight is 416 g/mol. The zero-order valence-corrected chi connectivity index (χ0v) is 16.5. The van der Waals surface area contributed by atoms with Gasteiger partial charge in [-0.25, -0.2) is 9.79 Å². The number of fused-ring (bicyclic) bond motifs is 1. The van der Waals surface area contributed by atoms with Crippen LogP contribution >= 0.6 is 0 Å². The van der Waals surface area contributed by atoms with Crippen molar-refractivity contribution in [1.29, 1.82) is 0 Å². The van der Waals surface area contributed by atoms with Crippen LogP contribution in [0.4, 0.5) is 5.95 Å². The van der Waals surface area contributed by atoms with Crippen molar-refractivity contribution in [3.05, 3.63) is 69.1 Å². The van der Waals surface area contributed by atoms with Gasteiger partial charge in [0.15, 0.2) is 5.65 Å². The van der Waals surface area contributed by atoms with Crippen LogP contribution in [0.5, 0.6) is 5.88 Å². The van der Waals surface area contributed by atoms with Crippen molar-refractivity contribution in [3.8, 4) is 5.88 Å². The monoisotopic (exact) mass is 416 g/mol. The summed E-state index contributed by atoms with van der Waals surface area (Å²) in [4.78, 5) is 30.4. The number of aromatic amines is 2. The molecule has 3 aromatic heterocycles. The van der Waals surface area contributed by atoms with Crippen molar-refractivity contribution in [3.63, 3.8) is 0 Å². The third kappa shape index (κ3) is 3.25. The number of aromatic nitrogens is 6. The molecule has 0 radical (unpaired) electrons. The first-order valence-electron chi connectivity index (χ1n) is 10.3. The van der Waals surface area contributed by atoms with E-state index in [2.05, 4.69) is 37.5 Å². The SMILES string of the molecule is O=c1[nH]c(O)c(/C=c2\cnn3c(=NC4CC4)nc(NC4(c5ccccc5)CC4)nc23)[nH]1. The molecule has 0 unspecified atom stereocenters. The molecule has 3 heterocycles. The first kappa shape index (κ1) is 17.9. The fourth-order valence-electron chi connectivity index (χ4n) is 3.72. The lowest BCUT2D eigenvalue weighted by Crippen LogP contribution is -2.28.